The first-order valence-electron chi connectivity index (χ1n) is 6.08. The maximum absolute atomic E-state index is 13.9. The molecule has 0 amide bonds. The number of benzene rings is 1. The first-order valence-corrected chi connectivity index (χ1v) is 7.06. The zero-order valence-corrected chi connectivity index (χ0v) is 12.3. The summed E-state index contributed by atoms with van der Waals surface area (Å²) in [4.78, 5) is 16.6. The fraction of sp³-hybridized carbons (Fsp3) is 0.357. The highest BCUT2D eigenvalue weighted by molar-refractivity contribution is 8.02. The molecule has 0 bridgehead atoms. The van der Waals surface area contributed by atoms with E-state index in [1.165, 1.54) is 24.9 Å². The van der Waals surface area contributed by atoms with Gasteiger partial charge in [0.15, 0.2) is 0 Å². The van der Waals surface area contributed by atoms with Crippen LogP contribution >= 0.6 is 11.8 Å². The Bertz CT molecular complexity index is 557. The second kappa shape index (κ2) is 5.85. The minimum absolute atomic E-state index is 0.210. The number of nitrogens with one attached hydrogen (secondary N) is 1. The molecule has 0 spiro atoms. The summed E-state index contributed by atoms with van der Waals surface area (Å²) in [5.74, 6) is -0.511. The van der Waals surface area contributed by atoms with Crippen molar-refractivity contribution in [1.82, 2.24) is 5.48 Å². The quantitative estimate of drug-likeness (QED) is 0.866. The molecule has 2 rings (SSSR count). The predicted molar refractivity (Wildman–Crippen MR) is 75.4 cm³/mol. The number of rotatable bonds is 4. The van der Waals surface area contributed by atoms with E-state index in [2.05, 4.69) is 10.2 Å². The minimum atomic E-state index is -0.543. The number of esters is 1. The summed E-state index contributed by atoms with van der Waals surface area (Å²) in [6.07, 6.45) is 1.94. The van der Waals surface area contributed by atoms with E-state index in [0.717, 1.165) is 5.03 Å². The van der Waals surface area contributed by atoms with Crippen LogP contribution in [0.15, 0.2) is 29.3 Å². The van der Waals surface area contributed by atoms with Crippen LogP contribution in [0, 0.1) is 5.82 Å². The smallest absolute Gasteiger partial charge is 0.337 e. The number of halogens is 1. The van der Waals surface area contributed by atoms with Gasteiger partial charge in [0, 0.05) is 5.75 Å². The van der Waals surface area contributed by atoms with Crippen LogP contribution in [0.2, 0.25) is 0 Å². The third-order valence-corrected chi connectivity index (χ3v) is 3.72. The molecule has 0 saturated carbocycles. The fourth-order valence-electron chi connectivity index (χ4n) is 1.69. The lowest BCUT2D eigenvalue weighted by atomic mass is 10.1. The monoisotopic (exact) mass is 297 g/mol. The molecular weight excluding hydrogens is 281 g/mol. The van der Waals surface area contributed by atoms with Crippen LogP contribution in [-0.2, 0) is 15.3 Å². The van der Waals surface area contributed by atoms with Gasteiger partial charge in [0.05, 0.1) is 17.7 Å². The third-order valence-electron chi connectivity index (χ3n) is 2.75. The van der Waals surface area contributed by atoms with Gasteiger partial charge in [-0.05, 0) is 37.6 Å². The van der Waals surface area contributed by atoms with Gasteiger partial charge >= 0.3 is 5.97 Å². The van der Waals surface area contributed by atoms with E-state index < -0.39 is 11.8 Å². The maximum atomic E-state index is 13.9. The molecule has 1 aromatic rings. The number of carbonyl (C=O) groups excluding carboxylic acids is 1. The fourth-order valence-corrected chi connectivity index (χ4v) is 2.71. The molecule has 20 heavy (non-hydrogen) atoms. The van der Waals surface area contributed by atoms with E-state index in [4.69, 9.17) is 4.84 Å². The van der Waals surface area contributed by atoms with E-state index in [0.29, 0.717) is 11.3 Å². The van der Waals surface area contributed by atoms with Crippen LogP contribution < -0.4 is 5.48 Å². The normalized spacial score (nSPS) is 16.5. The largest absolute Gasteiger partial charge is 0.465 e. The molecule has 108 valence electrons. The second-order valence-electron chi connectivity index (χ2n) is 4.90. The van der Waals surface area contributed by atoms with Crippen molar-refractivity contribution in [3.05, 3.63) is 46.2 Å². The average molecular weight is 297 g/mol. The summed E-state index contributed by atoms with van der Waals surface area (Å²) in [5.41, 5.74) is 3.18. The highest BCUT2D eigenvalue weighted by Gasteiger charge is 2.24. The first-order chi connectivity index (χ1) is 9.41. The number of methoxy groups -OCH3 is 1. The summed E-state index contributed by atoms with van der Waals surface area (Å²) < 4.78 is 18.4. The summed E-state index contributed by atoms with van der Waals surface area (Å²) >= 11 is 1.44. The third kappa shape index (κ3) is 3.52. The van der Waals surface area contributed by atoms with Crippen molar-refractivity contribution < 1.29 is 18.8 Å². The number of ether oxygens (including phenoxy) is 1. The molecule has 1 heterocycles. The Kier molecular flexibility index (Phi) is 4.35. The molecule has 0 atom stereocenters. The van der Waals surface area contributed by atoms with E-state index in [9.17, 15) is 9.18 Å². The lowest BCUT2D eigenvalue weighted by molar-refractivity contribution is -0.0126. The summed E-state index contributed by atoms with van der Waals surface area (Å²) in [7, 11) is 1.27. The Morgan fingerprint density at radius 1 is 1.50 bits per heavy atom. The van der Waals surface area contributed by atoms with E-state index >= 15 is 0 Å². The number of hydroxylamine groups is 1. The van der Waals surface area contributed by atoms with Crippen molar-refractivity contribution >= 4 is 17.7 Å². The molecule has 0 fully saturated rings. The van der Waals surface area contributed by atoms with Gasteiger partial charge in [-0.25, -0.2) is 9.18 Å². The molecule has 0 aromatic heterocycles. The lowest BCUT2D eigenvalue weighted by Crippen LogP contribution is -2.20. The second-order valence-corrected chi connectivity index (χ2v) is 5.92. The number of hydrogen-bond acceptors (Lipinski definition) is 5. The Morgan fingerprint density at radius 3 is 2.80 bits per heavy atom. The molecular formula is C14H16FNO3S. The minimum Gasteiger partial charge on any atom is -0.465 e. The van der Waals surface area contributed by atoms with Crippen molar-refractivity contribution in [2.75, 3.05) is 7.11 Å². The Balaban J connectivity index is 2.02. The summed E-state index contributed by atoms with van der Waals surface area (Å²) in [5, 5.41) is 0.853. The van der Waals surface area contributed by atoms with Gasteiger partial charge in [-0.15, -0.1) is 11.8 Å². The van der Waals surface area contributed by atoms with E-state index in [-0.39, 0.29) is 11.2 Å². The Morgan fingerprint density at radius 2 is 2.25 bits per heavy atom. The summed E-state index contributed by atoms with van der Waals surface area (Å²) in [6.45, 7) is 3.86. The number of hydrogen-bond donors (Lipinski definition) is 1. The molecule has 0 radical (unpaired) electrons. The van der Waals surface area contributed by atoms with E-state index in [1.54, 1.807) is 12.1 Å². The molecule has 4 nitrogen and oxygen atoms in total. The van der Waals surface area contributed by atoms with Gasteiger partial charge in [-0.3, -0.25) is 10.3 Å². The Labute approximate surface area is 121 Å². The van der Waals surface area contributed by atoms with Crippen LogP contribution in [0.3, 0.4) is 0 Å². The van der Waals surface area contributed by atoms with Gasteiger partial charge in [0.1, 0.15) is 11.4 Å². The van der Waals surface area contributed by atoms with Gasteiger partial charge in [-0.1, -0.05) is 6.07 Å². The van der Waals surface area contributed by atoms with Gasteiger partial charge in [0.25, 0.3) is 0 Å². The Hall–Kier alpha value is -1.53. The van der Waals surface area contributed by atoms with Gasteiger partial charge < -0.3 is 4.74 Å². The van der Waals surface area contributed by atoms with E-state index in [1.807, 2.05) is 19.9 Å². The lowest BCUT2D eigenvalue weighted by Gasteiger charge is -2.11. The number of carbonyl (C=O) groups is 1. The van der Waals surface area contributed by atoms with Crippen molar-refractivity contribution in [3.8, 4) is 0 Å². The van der Waals surface area contributed by atoms with Crippen LogP contribution in [0.1, 0.15) is 29.8 Å². The predicted octanol–water partition coefficient (Wildman–Crippen LogP) is 3.00. The highest BCUT2D eigenvalue weighted by atomic mass is 32.2. The van der Waals surface area contributed by atoms with Crippen LogP contribution in [0.25, 0.3) is 0 Å². The molecule has 0 unspecified atom stereocenters. The standard InChI is InChI=1S/C14H16FNO3S/c1-14(2)7-12(16-19-14)20-8-10-5-4-9(6-11(10)15)13(17)18-3/h4-7,16H,8H2,1-3H3. The molecule has 1 N–H and O–H groups in total. The van der Waals surface area contributed by atoms with Gasteiger partial charge in [-0.2, -0.15) is 0 Å². The topological polar surface area (TPSA) is 47.6 Å². The first kappa shape index (κ1) is 14.9. The molecule has 1 aliphatic rings. The van der Waals surface area contributed by atoms with Crippen molar-refractivity contribution in [2.45, 2.75) is 25.2 Å². The zero-order valence-electron chi connectivity index (χ0n) is 11.5. The molecule has 1 aliphatic heterocycles. The molecule has 0 saturated heterocycles. The zero-order chi connectivity index (χ0) is 14.8. The SMILES string of the molecule is COC(=O)c1ccc(CSC2=CC(C)(C)ON2)c(F)c1. The van der Waals surface area contributed by atoms with Crippen molar-refractivity contribution in [1.29, 1.82) is 0 Å². The summed E-state index contributed by atoms with van der Waals surface area (Å²) in [6, 6.07) is 4.34. The van der Waals surface area contributed by atoms with Crippen molar-refractivity contribution in [2.24, 2.45) is 0 Å². The maximum Gasteiger partial charge on any atom is 0.337 e. The van der Waals surface area contributed by atoms with Crippen LogP contribution in [0.5, 0.6) is 0 Å². The van der Waals surface area contributed by atoms with Gasteiger partial charge in [0.2, 0.25) is 0 Å². The van der Waals surface area contributed by atoms with Crippen LogP contribution in [-0.4, -0.2) is 18.7 Å². The molecule has 0 aliphatic carbocycles. The number of thioether (sulfide) groups is 1. The molecule has 1 aromatic carbocycles. The average Bonchev–Trinajstić information content (AvgIpc) is 2.76. The highest BCUT2D eigenvalue weighted by Crippen LogP contribution is 2.29. The van der Waals surface area contributed by atoms with Crippen molar-refractivity contribution in [3.63, 3.8) is 0 Å². The molecule has 6 heteroatoms. The van der Waals surface area contributed by atoms with Crippen LogP contribution in [0.4, 0.5) is 4.39 Å².